The second-order valence-electron chi connectivity index (χ2n) is 5.00. The number of carbonyl (C=O) groups excluding carboxylic acids is 1. The van der Waals surface area contributed by atoms with Crippen molar-refractivity contribution in [1.82, 2.24) is 9.80 Å². The minimum Gasteiger partial charge on any atom is -0.345 e. The fourth-order valence-electron chi connectivity index (χ4n) is 2.54. The predicted molar refractivity (Wildman–Crippen MR) is 74.5 cm³/mol. The van der Waals surface area contributed by atoms with Crippen LogP contribution < -0.4 is 5.73 Å². The van der Waals surface area contributed by atoms with Crippen molar-refractivity contribution in [2.24, 2.45) is 5.73 Å². The van der Waals surface area contributed by atoms with E-state index in [0.717, 1.165) is 19.5 Å². The van der Waals surface area contributed by atoms with E-state index >= 15 is 0 Å². The van der Waals surface area contributed by atoms with Gasteiger partial charge < -0.3 is 10.6 Å². The average Bonchev–Trinajstić information content (AvgIpc) is 2.76. The number of nitrogens with zero attached hydrogens (tertiary/aromatic N) is 2. The van der Waals surface area contributed by atoms with Gasteiger partial charge in [0, 0.05) is 26.2 Å². The Morgan fingerprint density at radius 2 is 2.22 bits per heavy atom. The van der Waals surface area contributed by atoms with Crippen molar-refractivity contribution in [3.8, 4) is 0 Å². The standard InChI is InChI=1S/C13H21N3OS/c1-10(14)13(11-4-7-18-9-11)16-6-3-5-15(2)12(17)8-16/h4,7,9-10,13H,3,5-6,8,14H2,1-2H3. The maximum Gasteiger partial charge on any atom is 0.236 e. The molecule has 100 valence electrons. The van der Waals surface area contributed by atoms with Gasteiger partial charge in [-0.25, -0.2) is 0 Å². The lowest BCUT2D eigenvalue weighted by atomic mass is 10.0. The van der Waals surface area contributed by atoms with Crippen molar-refractivity contribution in [3.05, 3.63) is 22.4 Å². The van der Waals surface area contributed by atoms with Gasteiger partial charge in [-0.2, -0.15) is 11.3 Å². The minimum absolute atomic E-state index is 0.0239. The highest BCUT2D eigenvalue weighted by Gasteiger charge is 2.28. The van der Waals surface area contributed by atoms with Gasteiger partial charge in [0.15, 0.2) is 0 Å². The number of rotatable bonds is 3. The third-order valence-corrected chi connectivity index (χ3v) is 4.18. The van der Waals surface area contributed by atoms with Crippen molar-refractivity contribution in [1.29, 1.82) is 0 Å². The van der Waals surface area contributed by atoms with Crippen LogP contribution in [0.1, 0.15) is 24.9 Å². The third-order valence-electron chi connectivity index (χ3n) is 3.48. The maximum absolute atomic E-state index is 12.0. The first-order chi connectivity index (χ1) is 8.59. The Morgan fingerprint density at radius 3 is 2.83 bits per heavy atom. The first-order valence-corrected chi connectivity index (χ1v) is 7.29. The van der Waals surface area contributed by atoms with Crippen LogP contribution >= 0.6 is 11.3 Å². The first-order valence-electron chi connectivity index (χ1n) is 6.35. The van der Waals surface area contributed by atoms with Gasteiger partial charge in [0.1, 0.15) is 0 Å². The maximum atomic E-state index is 12.0. The summed E-state index contributed by atoms with van der Waals surface area (Å²) in [6.45, 7) is 4.25. The summed E-state index contributed by atoms with van der Waals surface area (Å²) in [4.78, 5) is 16.0. The monoisotopic (exact) mass is 267 g/mol. The molecule has 0 bridgehead atoms. The van der Waals surface area contributed by atoms with Gasteiger partial charge in [0.25, 0.3) is 0 Å². The zero-order valence-corrected chi connectivity index (χ0v) is 11.8. The highest BCUT2D eigenvalue weighted by atomic mass is 32.1. The smallest absolute Gasteiger partial charge is 0.236 e. The lowest BCUT2D eigenvalue weighted by Crippen LogP contribution is -2.42. The molecular formula is C13H21N3OS. The van der Waals surface area contributed by atoms with E-state index in [1.807, 2.05) is 18.9 Å². The molecule has 18 heavy (non-hydrogen) atoms. The number of likely N-dealkylation sites (N-methyl/N-ethyl adjacent to an activating group) is 1. The average molecular weight is 267 g/mol. The fraction of sp³-hybridized carbons (Fsp3) is 0.615. The quantitative estimate of drug-likeness (QED) is 0.898. The predicted octanol–water partition coefficient (Wildman–Crippen LogP) is 1.30. The summed E-state index contributed by atoms with van der Waals surface area (Å²) in [5.41, 5.74) is 7.36. The molecule has 1 fully saturated rings. The van der Waals surface area contributed by atoms with Gasteiger partial charge in [-0.15, -0.1) is 0 Å². The van der Waals surface area contributed by atoms with Crippen molar-refractivity contribution >= 4 is 17.2 Å². The molecule has 1 aromatic rings. The lowest BCUT2D eigenvalue weighted by Gasteiger charge is -2.32. The molecule has 1 aliphatic rings. The molecule has 2 N–H and O–H groups in total. The van der Waals surface area contributed by atoms with Crippen LogP contribution in [0, 0.1) is 0 Å². The molecule has 0 saturated carbocycles. The molecule has 2 unspecified atom stereocenters. The number of thiophene rings is 1. The fourth-order valence-corrected chi connectivity index (χ4v) is 3.23. The molecule has 0 aliphatic carbocycles. The molecule has 1 saturated heterocycles. The number of hydrogen-bond donors (Lipinski definition) is 1. The summed E-state index contributed by atoms with van der Waals surface area (Å²) in [5.74, 6) is 0.188. The summed E-state index contributed by atoms with van der Waals surface area (Å²) < 4.78 is 0. The summed E-state index contributed by atoms with van der Waals surface area (Å²) in [5, 5.41) is 4.20. The van der Waals surface area contributed by atoms with Crippen molar-refractivity contribution in [2.75, 3.05) is 26.7 Å². The van der Waals surface area contributed by atoms with Crippen LogP contribution in [0.3, 0.4) is 0 Å². The molecule has 1 aromatic heterocycles. The second-order valence-corrected chi connectivity index (χ2v) is 5.78. The van der Waals surface area contributed by atoms with Gasteiger partial charge in [-0.1, -0.05) is 0 Å². The zero-order valence-electron chi connectivity index (χ0n) is 11.0. The highest BCUT2D eigenvalue weighted by Crippen LogP contribution is 2.26. The zero-order chi connectivity index (χ0) is 13.1. The summed E-state index contributed by atoms with van der Waals surface area (Å²) in [6.07, 6.45) is 1.01. The van der Waals surface area contributed by atoms with Crippen molar-refractivity contribution in [2.45, 2.75) is 25.4 Å². The van der Waals surface area contributed by atoms with Gasteiger partial charge in [-0.3, -0.25) is 9.69 Å². The third kappa shape index (κ3) is 2.91. The van der Waals surface area contributed by atoms with E-state index in [-0.39, 0.29) is 18.0 Å². The number of carbonyl (C=O) groups is 1. The molecule has 1 aliphatic heterocycles. The molecule has 0 radical (unpaired) electrons. The van der Waals surface area contributed by atoms with Gasteiger partial charge in [0.2, 0.25) is 5.91 Å². The Morgan fingerprint density at radius 1 is 1.44 bits per heavy atom. The van der Waals surface area contributed by atoms with Crippen LogP contribution in [0.25, 0.3) is 0 Å². The van der Waals surface area contributed by atoms with E-state index in [4.69, 9.17) is 5.73 Å². The van der Waals surface area contributed by atoms with Gasteiger partial charge in [0.05, 0.1) is 12.6 Å². The minimum atomic E-state index is 0.0239. The largest absolute Gasteiger partial charge is 0.345 e. The molecule has 2 heterocycles. The SMILES string of the molecule is CC(N)C(c1ccsc1)N1CCCN(C)C(=O)C1. The Hall–Kier alpha value is -0.910. The molecule has 5 heteroatoms. The Bertz CT molecular complexity index is 391. The van der Waals surface area contributed by atoms with Crippen molar-refractivity contribution < 1.29 is 4.79 Å². The topological polar surface area (TPSA) is 49.6 Å². The molecule has 2 rings (SSSR count). The molecule has 0 spiro atoms. The van der Waals surface area contributed by atoms with E-state index in [1.165, 1.54) is 5.56 Å². The van der Waals surface area contributed by atoms with E-state index < -0.39 is 0 Å². The summed E-state index contributed by atoms with van der Waals surface area (Å²) in [6, 6.07) is 2.28. The Labute approximate surface area is 112 Å². The van der Waals surface area contributed by atoms with Gasteiger partial charge in [-0.05, 0) is 35.7 Å². The molecule has 4 nitrogen and oxygen atoms in total. The molecule has 1 amide bonds. The van der Waals surface area contributed by atoms with Crippen molar-refractivity contribution in [3.63, 3.8) is 0 Å². The summed E-state index contributed by atoms with van der Waals surface area (Å²) >= 11 is 1.68. The van der Waals surface area contributed by atoms with E-state index in [9.17, 15) is 4.79 Å². The highest BCUT2D eigenvalue weighted by molar-refractivity contribution is 7.07. The van der Waals surface area contributed by atoms with E-state index in [1.54, 1.807) is 11.3 Å². The Balaban J connectivity index is 2.18. The van der Waals surface area contributed by atoms with E-state index in [2.05, 4.69) is 21.7 Å². The molecule has 2 atom stereocenters. The lowest BCUT2D eigenvalue weighted by molar-refractivity contribution is -0.130. The number of nitrogens with two attached hydrogens (primary N) is 1. The number of hydrogen-bond acceptors (Lipinski definition) is 4. The van der Waals surface area contributed by atoms with Crippen LogP contribution in [0.5, 0.6) is 0 Å². The normalized spacial score (nSPS) is 21.7. The van der Waals surface area contributed by atoms with Crippen LogP contribution in [0.4, 0.5) is 0 Å². The molecule has 0 aromatic carbocycles. The second kappa shape index (κ2) is 5.82. The molecular weight excluding hydrogens is 246 g/mol. The van der Waals surface area contributed by atoms with Crippen LogP contribution in [0.15, 0.2) is 16.8 Å². The van der Waals surface area contributed by atoms with Gasteiger partial charge >= 0.3 is 0 Å². The van der Waals surface area contributed by atoms with Crippen LogP contribution in [-0.4, -0.2) is 48.4 Å². The van der Waals surface area contributed by atoms with Crippen LogP contribution in [-0.2, 0) is 4.79 Å². The first kappa shape index (κ1) is 13.5. The summed E-state index contributed by atoms with van der Waals surface area (Å²) in [7, 11) is 1.87. The Kier molecular flexibility index (Phi) is 4.37. The van der Waals surface area contributed by atoms with Crippen LogP contribution in [0.2, 0.25) is 0 Å². The number of amides is 1. The van der Waals surface area contributed by atoms with E-state index in [0.29, 0.717) is 6.54 Å².